The monoisotopic (exact) mass is 422 g/mol. The summed E-state index contributed by atoms with van der Waals surface area (Å²) in [4.78, 5) is 51.6. The molecule has 0 aromatic heterocycles. The van der Waals surface area contributed by atoms with Crippen LogP contribution in [0.5, 0.6) is 0 Å². The molecule has 3 aliphatic rings. The maximum Gasteiger partial charge on any atom is 0.322 e. The van der Waals surface area contributed by atoms with Gasteiger partial charge < -0.3 is 20.3 Å². The van der Waals surface area contributed by atoms with Crippen molar-refractivity contribution in [2.45, 2.75) is 95.4 Å². The third kappa shape index (κ3) is 5.11. The van der Waals surface area contributed by atoms with E-state index in [0.29, 0.717) is 19.6 Å². The summed E-state index contributed by atoms with van der Waals surface area (Å²) in [5.74, 6) is -1.02. The van der Waals surface area contributed by atoms with E-state index in [4.69, 9.17) is 4.74 Å². The number of ether oxygens (including phenoxy) is 1. The molecular formula is C21H34N4O5. The molecule has 30 heavy (non-hydrogen) atoms. The molecular weight excluding hydrogens is 388 g/mol. The third-order valence-corrected chi connectivity index (χ3v) is 6.66. The van der Waals surface area contributed by atoms with Crippen molar-refractivity contribution in [2.24, 2.45) is 0 Å². The molecule has 5 amide bonds. The van der Waals surface area contributed by atoms with Crippen LogP contribution in [0.1, 0.15) is 71.6 Å². The molecule has 0 spiro atoms. The summed E-state index contributed by atoms with van der Waals surface area (Å²) in [5, 5.41) is 7.78. The zero-order chi connectivity index (χ0) is 21.7. The van der Waals surface area contributed by atoms with E-state index in [-0.39, 0.29) is 30.4 Å². The maximum atomic E-state index is 13.3. The molecule has 0 bridgehead atoms. The van der Waals surface area contributed by atoms with Crippen LogP contribution in [0, 0.1) is 0 Å². The summed E-state index contributed by atoms with van der Waals surface area (Å²) in [5.41, 5.74) is -1.06. The Morgan fingerprint density at radius 2 is 1.90 bits per heavy atom. The van der Waals surface area contributed by atoms with Gasteiger partial charge in [-0.05, 0) is 39.0 Å². The Balaban J connectivity index is 1.76. The van der Waals surface area contributed by atoms with E-state index in [2.05, 4.69) is 16.0 Å². The van der Waals surface area contributed by atoms with Gasteiger partial charge in [0.25, 0.3) is 5.91 Å². The van der Waals surface area contributed by atoms with Gasteiger partial charge in [-0.15, -0.1) is 0 Å². The number of hydrogen-bond donors (Lipinski definition) is 3. The lowest BCUT2D eigenvalue weighted by molar-refractivity contribution is -0.150. The van der Waals surface area contributed by atoms with Crippen LogP contribution in [0.4, 0.5) is 4.79 Å². The lowest BCUT2D eigenvalue weighted by atomic mass is 9.90. The van der Waals surface area contributed by atoms with Crippen LogP contribution in [-0.2, 0) is 19.1 Å². The summed E-state index contributed by atoms with van der Waals surface area (Å²) in [6.07, 6.45) is 7.18. The van der Waals surface area contributed by atoms with Crippen molar-refractivity contribution in [3.63, 3.8) is 0 Å². The molecule has 0 aromatic rings. The number of hydrogen-bond acceptors (Lipinski definition) is 5. The summed E-state index contributed by atoms with van der Waals surface area (Å²) in [6.45, 7) is 4.61. The summed E-state index contributed by atoms with van der Waals surface area (Å²) in [7, 11) is 0. The first-order valence-electron chi connectivity index (χ1n) is 11.2. The fourth-order valence-electron chi connectivity index (χ4n) is 4.52. The van der Waals surface area contributed by atoms with Crippen LogP contribution < -0.4 is 16.0 Å². The van der Waals surface area contributed by atoms with Gasteiger partial charge in [0.2, 0.25) is 11.8 Å². The zero-order valence-corrected chi connectivity index (χ0v) is 18.0. The second-order valence-electron chi connectivity index (χ2n) is 8.79. The molecule has 2 heterocycles. The predicted octanol–water partition coefficient (Wildman–Crippen LogP) is 1.21. The van der Waals surface area contributed by atoms with Crippen LogP contribution in [0.15, 0.2) is 0 Å². The first kappa shape index (κ1) is 22.5. The fraction of sp³-hybridized carbons (Fsp3) is 0.810. The molecule has 3 rings (SSSR count). The normalized spacial score (nSPS) is 26.6. The Bertz CT molecular complexity index is 672. The number of rotatable bonds is 8. The number of carbonyl (C=O) groups excluding carboxylic acids is 4. The van der Waals surface area contributed by atoms with Crippen LogP contribution in [0.25, 0.3) is 0 Å². The van der Waals surface area contributed by atoms with Crippen molar-refractivity contribution in [2.75, 3.05) is 13.2 Å². The van der Waals surface area contributed by atoms with Crippen molar-refractivity contribution in [3.8, 4) is 0 Å². The van der Waals surface area contributed by atoms with Gasteiger partial charge in [0.05, 0.1) is 12.5 Å². The number of amides is 5. The minimum Gasteiger partial charge on any atom is -0.376 e. The van der Waals surface area contributed by atoms with Crippen LogP contribution >= 0.6 is 0 Å². The third-order valence-electron chi connectivity index (χ3n) is 6.66. The van der Waals surface area contributed by atoms with E-state index >= 15 is 0 Å². The van der Waals surface area contributed by atoms with Gasteiger partial charge in [0, 0.05) is 19.2 Å². The predicted molar refractivity (Wildman–Crippen MR) is 109 cm³/mol. The minimum absolute atomic E-state index is 0.130. The van der Waals surface area contributed by atoms with Gasteiger partial charge in [0.1, 0.15) is 11.6 Å². The summed E-state index contributed by atoms with van der Waals surface area (Å²) >= 11 is 0. The van der Waals surface area contributed by atoms with E-state index in [1.807, 2.05) is 6.92 Å². The number of urea groups is 1. The molecule has 1 aliphatic carbocycles. The Kier molecular flexibility index (Phi) is 7.33. The van der Waals surface area contributed by atoms with Crippen LogP contribution in [0.3, 0.4) is 0 Å². The van der Waals surface area contributed by atoms with Crippen molar-refractivity contribution in [1.29, 1.82) is 0 Å². The van der Waals surface area contributed by atoms with E-state index in [9.17, 15) is 19.2 Å². The van der Waals surface area contributed by atoms with Gasteiger partial charge in [-0.1, -0.05) is 26.2 Å². The Morgan fingerprint density at radius 3 is 2.47 bits per heavy atom. The topological polar surface area (TPSA) is 117 Å². The van der Waals surface area contributed by atoms with E-state index in [0.717, 1.165) is 38.5 Å². The fourth-order valence-corrected chi connectivity index (χ4v) is 4.52. The highest BCUT2D eigenvalue weighted by Gasteiger charge is 2.44. The van der Waals surface area contributed by atoms with Crippen molar-refractivity contribution >= 4 is 23.8 Å². The molecule has 3 fully saturated rings. The Hall–Kier alpha value is -2.16. The SMILES string of the molecule is CCC(C)(C(=O)NC1CCCCC1)N(CC1CCCO1)C(=O)CC1NC(=O)NC1=O. The van der Waals surface area contributed by atoms with Crippen LogP contribution in [0.2, 0.25) is 0 Å². The van der Waals surface area contributed by atoms with Gasteiger partial charge in [-0.2, -0.15) is 0 Å². The summed E-state index contributed by atoms with van der Waals surface area (Å²) < 4.78 is 5.74. The average Bonchev–Trinajstić information content (AvgIpc) is 3.35. The van der Waals surface area contributed by atoms with Gasteiger partial charge in [-0.25, -0.2) is 4.79 Å². The van der Waals surface area contributed by atoms with E-state index < -0.39 is 23.5 Å². The van der Waals surface area contributed by atoms with Gasteiger partial charge in [0.15, 0.2) is 0 Å². The molecule has 0 aromatic carbocycles. The van der Waals surface area contributed by atoms with Crippen molar-refractivity contribution < 1.29 is 23.9 Å². The number of carbonyl (C=O) groups is 4. The molecule has 168 valence electrons. The first-order chi connectivity index (χ1) is 14.3. The first-order valence-corrected chi connectivity index (χ1v) is 11.2. The average molecular weight is 423 g/mol. The Morgan fingerprint density at radius 1 is 1.17 bits per heavy atom. The van der Waals surface area contributed by atoms with Crippen LogP contribution in [-0.4, -0.2) is 65.5 Å². The molecule has 9 heteroatoms. The molecule has 2 saturated heterocycles. The molecule has 3 atom stereocenters. The molecule has 9 nitrogen and oxygen atoms in total. The van der Waals surface area contributed by atoms with Crippen molar-refractivity contribution in [3.05, 3.63) is 0 Å². The minimum atomic E-state index is -1.06. The number of imide groups is 1. The zero-order valence-electron chi connectivity index (χ0n) is 18.0. The van der Waals surface area contributed by atoms with Gasteiger partial charge >= 0.3 is 6.03 Å². The lowest BCUT2D eigenvalue weighted by Gasteiger charge is -2.42. The second kappa shape index (κ2) is 9.76. The standard InChI is InChI=1S/C21H34N4O5/c1-3-21(2,19(28)22-14-8-5-4-6-9-14)25(13-15-10-7-11-30-15)17(26)12-16-18(27)24-20(29)23-16/h14-16H,3-13H2,1-2H3,(H,22,28)(H2,23,24,27,29). The van der Waals surface area contributed by atoms with E-state index in [1.165, 1.54) is 6.42 Å². The quantitative estimate of drug-likeness (QED) is 0.509. The summed E-state index contributed by atoms with van der Waals surface area (Å²) in [6, 6.07) is -1.38. The smallest absolute Gasteiger partial charge is 0.322 e. The molecule has 3 unspecified atom stereocenters. The lowest BCUT2D eigenvalue weighted by Crippen LogP contribution is -2.62. The molecule has 0 radical (unpaired) electrons. The number of nitrogens with zero attached hydrogens (tertiary/aromatic N) is 1. The molecule has 3 N–H and O–H groups in total. The van der Waals surface area contributed by atoms with Crippen molar-refractivity contribution in [1.82, 2.24) is 20.9 Å². The van der Waals surface area contributed by atoms with Gasteiger partial charge in [-0.3, -0.25) is 19.7 Å². The highest BCUT2D eigenvalue weighted by Crippen LogP contribution is 2.27. The maximum absolute atomic E-state index is 13.3. The molecule has 1 saturated carbocycles. The number of nitrogens with one attached hydrogen (secondary N) is 3. The molecule has 2 aliphatic heterocycles. The highest BCUT2D eigenvalue weighted by atomic mass is 16.5. The highest BCUT2D eigenvalue weighted by molar-refractivity contribution is 6.06. The van der Waals surface area contributed by atoms with E-state index in [1.54, 1.807) is 11.8 Å². The largest absolute Gasteiger partial charge is 0.376 e. The second-order valence-corrected chi connectivity index (χ2v) is 8.79. The Labute approximate surface area is 177 Å².